The van der Waals surface area contributed by atoms with E-state index in [1.165, 1.54) is 24.3 Å². The summed E-state index contributed by atoms with van der Waals surface area (Å²) >= 11 is 0. The number of nitro benzene ring substituents is 1. The molecular formula is C41H61N5O14. The van der Waals surface area contributed by atoms with Crippen LogP contribution in [0.1, 0.15) is 64.7 Å². The molecule has 0 aromatic heterocycles. The molecule has 0 bridgehead atoms. The van der Waals surface area contributed by atoms with E-state index in [1.807, 2.05) is 6.92 Å². The molecule has 0 radical (unpaired) electrons. The molecule has 0 fully saturated rings. The molecule has 0 saturated heterocycles. The molecule has 0 spiro atoms. The van der Waals surface area contributed by atoms with Gasteiger partial charge in [0.1, 0.15) is 19.0 Å². The van der Waals surface area contributed by atoms with Crippen molar-refractivity contribution in [1.82, 2.24) is 21.3 Å². The first-order chi connectivity index (χ1) is 29.0. The van der Waals surface area contributed by atoms with E-state index in [0.29, 0.717) is 33.0 Å². The van der Waals surface area contributed by atoms with Crippen molar-refractivity contribution < 1.29 is 62.1 Å². The van der Waals surface area contributed by atoms with Crippen LogP contribution in [0, 0.1) is 34.8 Å². The van der Waals surface area contributed by atoms with Gasteiger partial charge in [-0.15, -0.1) is 12.8 Å². The van der Waals surface area contributed by atoms with Crippen LogP contribution in [0.3, 0.4) is 0 Å². The number of carbonyl (C=O) groups is 5. The molecule has 0 unspecified atom stereocenters. The zero-order valence-electron chi connectivity index (χ0n) is 34.6. The number of nitro groups is 1. The van der Waals surface area contributed by atoms with Crippen molar-refractivity contribution in [3.8, 4) is 30.4 Å². The van der Waals surface area contributed by atoms with Crippen molar-refractivity contribution >= 4 is 35.3 Å². The second kappa shape index (κ2) is 34.7. The van der Waals surface area contributed by atoms with Gasteiger partial charge in [0.15, 0.2) is 0 Å². The minimum atomic E-state index is -1.19. The standard InChI is InChI=1S/C41H61N5O14/c1-4-23-55-30-32-58-26-21-43-37(48)15-18-41(17-14-36(47)42-20-25-57-29-28-54-6-3,19-16-38(49)44-22-27-59-33-31-56-24-5-2)45-39(50)8-7-9-40(51)60-35-12-10-34(11-13-35)46(52)53/h1-2,10-13H,6-9,14-33H2,3H3,(H,42,47)(H,43,48)(H,44,49)(H,45,50). The van der Waals surface area contributed by atoms with E-state index in [0.717, 1.165) is 0 Å². The summed E-state index contributed by atoms with van der Waals surface area (Å²) in [4.78, 5) is 75.3. The molecule has 1 aromatic rings. The fourth-order valence-electron chi connectivity index (χ4n) is 5.31. The van der Waals surface area contributed by atoms with Gasteiger partial charge in [0, 0.05) is 76.0 Å². The normalized spacial score (nSPS) is 10.8. The molecule has 1 aromatic carbocycles. The minimum absolute atomic E-state index is 0.0464. The number of carbonyl (C=O) groups excluding carboxylic acids is 5. The monoisotopic (exact) mass is 847 g/mol. The van der Waals surface area contributed by atoms with Crippen LogP contribution in [0.5, 0.6) is 5.75 Å². The van der Waals surface area contributed by atoms with Gasteiger partial charge < -0.3 is 54.4 Å². The van der Waals surface area contributed by atoms with Crippen molar-refractivity contribution in [3.63, 3.8) is 0 Å². The van der Waals surface area contributed by atoms with E-state index in [4.69, 9.17) is 46.0 Å². The van der Waals surface area contributed by atoms with Crippen LogP contribution in [0.25, 0.3) is 0 Å². The molecule has 0 atom stereocenters. The maximum Gasteiger partial charge on any atom is 0.311 e. The molecule has 60 heavy (non-hydrogen) atoms. The summed E-state index contributed by atoms with van der Waals surface area (Å²) in [5, 5.41) is 22.3. The summed E-state index contributed by atoms with van der Waals surface area (Å²) in [5.41, 5.74) is -1.35. The van der Waals surface area contributed by atoms with Crippen molar-refractivity contribution in [3.05, 3.63) is 34.4 Å². The van der Waals surface area contributed by atoms with Gasteiger partial charge in [0.25, 0.3) is 5.69 Å². The summed E-state index contributed by atoms with van der Waals surface area (Å²) in [6.45, 7) is 6.12. The number of hydrogen-bond acceptors (Lipinski definition) is 14. The van der Waals surface area contributed by atoms with Crippen LogP contribution >= 0.6 is 0 Å². The second-order valence-corrected chi connectivity index (χ2v) is 13.0. The average molecular weight is 848 g/mol. The van der Waals surface area contributed by atoms with E-state index in [2.05, 4.69) is 33.1 Å². The molecule has 4 amide bonds. The predicted molar refractivity (Wildman–Crippen MR) is 218 cm³/mol. The molecule has 0 aliphatic heterocycles. The average Bonchev–Trinajstić information content (AvgIpc) is 3.23. The number of nitrogens with zero attached hydrogens (tertiary/aromatic N) is 1. The first kappa shape index (κ1) is 52.9. The molecular weight excluding hydrogens is 786 g/mol. The van der Waals surface area contributed by atoms with Gasteiger partial charge in [-0.05, 0) is 44.7 Å². The van der Waals surface area contributed by atoms with Gasteiger partial charge in [-0.3, -0.25) is 34.1 Å². The Morgan fingerprint density at radius 1 is 0.617 bits per heavy atom. The quantitative estimate of drug-likeness (QED) is 0.0186. The van der Waals surface area contributed by atoms with Gasteiger partial charge in [-0.1, -0.05) is 11.8 Å². The van der Waals surface area contributed by atoms with Gasteiger partial charge in [0.2, 0.25) is 23.6 Å². The number of hydrogen-bond donors (Lipinski definition) is 4. The highest BCUT2D eigenvalue weighted by Crippen LogP contribution is 2.27. The summed E-state index contributed by atoms with van der Waals surface area (Å²) in [5.74, 6) is 2.71. The molecule has 0 heterocycles. The number of terminal acetylenes is 2. The largest absolute Gasteiger partial charge is 0.427 e. The van der Waals surface area contributed by atoms with E-state index >= 15 is 0 Å². The van der Waals surface area contributed by atoms with Crippen LogP contribution in [0.15, 0.2) is 24.3 Å². The Kier molecular flexibility index (Phi) is 30.6. The van der Waals surface area contributed by atoms with Gasteiger partial charge in [-0.25, -0.2) is 0 Å². The van der Waals surface area contributed by atoms with E-state index in [9.17, 15) is 34.1 Å². The fraction of sp³-hybridized carbons (Fsp3) is 0.634. The van der Waals surface area contributed by atoms with E-state index in [-0.39, 0.29) is 153 Å². The molecule has 4 N–H and O–H groups in total. The van der Waals surface area contributed by atoms with Crippen LogP contribution < -0.4 is 26.0 Å². The van der Waals surface area contributed by atoms with Gasteiger partial charge in [0.05, 0.1) is 64.4 Å². The lowest BCUT2D eigenvalue weighted by Gasteiger charge is -2.35. The number of benzene rings is 1. The number of rotatable bonds is 37. The maximum absolute atomic E-state index is 13.5. The topological polar surface area (TPSA) is 241 Å². The van der Waals surface area contributed by atoms with Gasteiger partial charge >= 0.3 is 5.97 Å². The Balaban J connectivity index is 3.00. The van der Waals surface area contributed by atoms with Crippen LogP contribution in [-0.4, -0.2) is 139 Å². The van der Waals surface area contributed by atoms with Crippen molar-refractivity contribution in [2.75, 3.05) is 98.9 Å². The Bertz CT molecular complexity index is 1450. The minimum Gasteiger partial charge on any atom is -0.427 e. The summed E-state index contributed by atoms with van der Waals surface area (Å²) in [6, 6.07) is 5.00. The van der Waals surface area contributed by atoms with Gasteiger partial charge in [-0.2, -0.15) is 0 Å². The second-order valence-electron chi connectivity index (χ2n) is 13.0. The molecule has 1 rings (SSSR count). The number of nitrogens with one attached hydrogen (secondary N) is 4. The van der Waals surface area contributed by atoms with E-state index in [1.54, 1.807) is 0 Å². The first-order valence-electron chi connectivity index (χ1n) is 19.9. The Morgan fingerprint density at radius 3 is 1.47 bits per heavy atom. The molecule has 0 aliphatic rings. The number of ether oxygens (including phenoxy) is 7. The maximum atomic E-state index is 13.5. The van der Waals surface area contributed by atoms with Crippen molar-refractivity contribution in [1.29, 1.82) is 0 Å². The van der Waals surface area contributed by atoms with Crippen molar-refractivity contribution in [2.45, 2.75) is 70.3 Å². The Hall–Kier alpha value is -5.15. The third kappa shape index (κ3) is 28.3. The zero-order chi connectivity index (χ0) is 44.1. The first-order valence-corrected chi connectivity index (χ1v) is 19.9. The molecule has 0 saturated carbocycles. The fourth-order valence-corrected chi connectivity index (χ4v) is 5.31. The summed E-state index contributed by atoms with van der Waals surface area (Å²) in [7, 11) is 0. The molecule has 0 aliphatic carbocycles. The van der Waals surface area contributed by atoms with Crippen molar-refractivity contribution in [2.24, 2.45) is 0 Å². The van der Waals surface area contributed by atoms with E-state index < -0.39 is 22.3 Å². The zero-order valence-corrected chi connectivity index (χ0v) is 34.6. The smallest absolute Gasteiger partial charge is 0.311 e. The Morgan fingerprint density at radius 2 is 1.05 bits per heavy atom. The number of amides is 4. The lowest BCUT2D eigenvalue weighted by Crippen LogP contribution is -2.50. The lowest BCUT2D eigenvalue weighted by atomic mass is 9.83. The Labute approximate surface area is 352 Å². The SMILES string of the molecule is C#CCOCCOCCNC(=O)CCC(CCC(=O)NCCOCCOCC)(CCC(=O)NCCOCCOCC#C)NC(=O)CCCC(=O)Oc1ccc([N+](=O)[O-])cc1. The highest BCUT2D eigenvalue weighted by atomic mass is 16.6. The summed E-state index contributed by atoms with van der Waals surface area (Å²) in [6.07, 6.45) is 10.2. The summed E-state index contributed by atoms with van der Waals surface area (Å²) < 4.78 is 37.1. The molecule has 19 nitrogen and oxygen atoms in total. The lowest BCUT2D eigenvalue weighted by molar-refractivity contribution is -0.384. The van der Waals surface area contributed by atoms with Crippen LogP contribution in [0.4, 0.5) is 5.69 Å². The van der Waals surface area contributed by atoms with Crippen LogP contribution in [-0.2, 0) is 52.4 Å². The van der Waals surface area contributed by atoms with Crippen LogP contribution in [0.2, 0.25) is 0 Å². The third-order valence-electron chi connectivity index (χ3n) is 8.36. The third-order valence-corrected chi connectivity index (χ3v) is 8.36. The molecule has 334 valence electrons. The predicted octanol–water partition coefficient (Wildman–Crippen LogP) is 1.60. The number of esters is 1. The highest BCUT2D eigenvalue weighted by molar-refractivity contribution is 5.80. The molecule has 19 heteroatoms. The highest BCUT2D eigenvalue weighted by Gasteiger charge is 2.33. The number of non-ortho nitro benzene ring substituents is 1.